The number of ether oxygens (including phenoxy) is 1. The van der Waals surface area contributed by atoms with Gasteiger partial charge in [0.05, 0.1) is 24.9 Å². The fraction of sp³-hybridized carbons (Fsp3) is 0.258. The Bertz CT molecular complexity index is 1510. The summed E-state index contributed by atoms with van der Waals surface area (Å²) in [7, 11) is 1.67. The second-order valence-corrected chi connectivity index (χ2v) is 10.1. The molecule has 1 aliphatic heterocycles. The number of amides is 1. The molecular weight excluding hydrogens is 506 g/mol. The van der Waals surface area contributed by atoms with Crippen LogP contribution in [0, 0.1) is 20.8 Å². The van der Waals surface area contributed by atoms with E-state index in [2.05, 4.69) is 58.2 Å². The molecule has 1 amide bonds. The summed E-state index contributed by atoms with van der Waals surface area (Å²) < 4.78 is 7.63. The summed E-state index contributed by atoms with van der Waals surface area (Å²) in [6.07, 6.45) is 2.24. The van der Waals surface area contributed by atoms with E-state index in [1.54, 1.807) is 7.11 Å². The Kier molecular flexibility index (Phi) is 7.39. The molecule has 0 saturated carbocycles. The Balaban J connectivity index is 1.62. The second-order valence-electron chi connectivity index (χ2n) is 9.76. The molecule has 2 N–H and O–H groups in total. The molecule has 0 aliphatic carbocycles. The highest BCUT2D eigenvalue weighted by Gasteiger charge is 2.42. The van der Waals surface area contributed by atoms with E-state index in [4.69, 9.17) is 21.9 Å². The van der Waals surface area contributed by atoms with Crippen molar-refractivity contribution in [2.45, 2.75) is 46.2 Å². The number of aromatic nitrogens is 2. The molecule has 7 nitrogen and oxygen atoms in total. The number of carbonyl (C=O) groups is 1. The maximum absolute atomic E-state index is 12.0. The summed E-state index contributed by atoms with van der Waals surface area (Å²) in [5.41, 5.74) is 8.13. The standard InChI is InChI=1S/C31H33N5O2S/c1-6-28(37)33-26-15-12-23(17-19(26)2)36-30(29(34-31(36)39)27-9-7-8-16-32-27)25-18-20(3)35(21(25)4)22-10-13-24(38-5)14-11-22/h7-18,29-30H,6H2,1-5H3,(H,33,37)(H,34,39)/t29-,30-/m0/s1. The van der Waals surface area contributed by atoms with Gasteiger partial charge in [0.15, 0.2) is 5.11 Å². The Morgan fingerprint density at radius 3 is 2.44 bits per heavy atom. The first kappa shape index (κ1) is 26.4. The lowest BCUT2D eigenvalue weighted by molar-refractivity contribution is -0.115. The molecule has 0 bridgehead atoms. The van der Waals surface area contributed by atoms with Crippen LogP contribution in [0.3, 0.4) is 0 Å². The zero-order valence-corrected chi connectivity index (χ0v) is 23.7. The minimum Gasteiger partial charge on any atom is -0.497 e. The fourth-order valence-electron chi connectivity index (χ4n) is 5.34. The van der Waals surface area contributed by atoms with Crippen molar-refractivity contribution in [3.8, 4) is 11.4 Å². The van der Waals surface area contributed by atoms with Crippen LogP contribution in [-0.2, 0) is 4.79 Å². The number of methoxy groups -OCH3 is 1. The molecule has 5 rings (SSSR count). The third kappa shape index (κ3) is 5.00. The van der Waals surface area contributed by atoms with Gasteiger partial charge in [-0.25, -0.2) is 0 Å². The Morgan fingerprint density at radius 2 is 1.79 bits per heavy atom. The van der Waals surface area contributed by atoms with Gasteiger partial charge >= 0.3 is 0 Å². The fourth-order valence-corrected chi connectivity index (χ4v) is 5.69. The predicted molar refractivity (Wildman–Crippen MR) is 160 cm³/mol. The lowest BCUT2D eigenvalue weighted by atomic mass is 9.96. The quantitative estimate of drug-likeness (QED) is 0.267. The predicted octanol–water partition coefficient (Wildman–Crippen LogP) is 6.33. The van der Waals surface area contributed by atoms with Crippen molar-refractivity contribution < 1.29 is 9.53 Å². The average Bonchev–Trinajstić information content (AvgIpc) is 3.44. The lowest BCUT2D eigenvalue weighted by Crippen LogP contribution is -2.29. The van der Waals surface area contributed by atoms with Gasteiger partial charge in [-0.2, -0.15) is 0 Å². The number of benzene rings is 2. The third-order valence-electron chi connectivity index (χ3n) is 7.30. The van der Waals surface area contributed by atoms with E-state index < -0.39 is 0 Å². The van der Waals surface area contributed by atoms with Gasteiger partial charge < -0.3 is 24.8 Å². The monoisotopic (exact) mass is 539 g/mol. The van der Waals surface area contributed by atoms with Crippen molar-refractivity contribution in [2.24, 2.45) is 0 Å². The van der Waals surface area contributed by atoms with E-state index in [0.717, 1.165) is 51.0 Å². The van der Waals surface area contributed by atoms with Gasteiger partial charge in [0.2, 0.25) is 5.91 Å². The molecule has 1 saturated heterocycles. The summed E-state index contributed by atoms with van der Waals surface area (Å²) in [5, 5.41) is 7.17. The zero-order valence-electron chi connectivity index (χ0n) is 22.9. The van der Waals surface area contributed by atoms with Crippen LogP contribution in [0.15, 0.2) is 72.9 Å². The molecule has 0 spiro atoms. The highest BCUT2D eigenvalue weighted by atomic mass is 32.1. The summed E-state index contributed by atoms with van der Waals surface area (Å²) in [4.78, 5) is 18.9. The summed E-state index contributed by atoms with van der Waals surface area (Å²) >= 11 is 5.94. The Labute approximate surface area is 234 Å². The summed E-state index contributed by atoms with van der Waals surface area (Å²) in [5.74, 6) is 0.811. The molecule has 200 valence electrons. The highest BCUT2D eigenvalue weighted by Crippen LogP contribution is 2.44. The molecule has 1 aliphatic rings. The molecule has 39 heavy (non-hydrogen) atoms. The molecule has 1 fully saturated rings. The number of aryl methyl sites for hydroxylation is 2. The largest absolute Gasteiger partial charge is 0.497 e. The van der Waals surface area contributed by atoms with Crippen molar-refractivity contribution in [3.63, 3.8) is 0 Å². The highest BCUT2D eigenvalue weighted by molar-refractivity contribution is 7.80. The van der Waals surface area contributed by atoms with Gasteiger partial charge in [0, 0.05) is 41.1 Å². The van der Waals surface area contributed by atoms with Crippen LogP contribution in [0.2, 0.25) is 0 Å². The number of carbonyl (C=O) groups excluding carboxylic acids is 1. The minimum absolute atomic E-state index is 0.0109. The Hall–Kier alpha value is -4.17. The topological polar surface area (TPSA) is 71.4 Å². The SMILES string of the molecule is CCC(=O)Nc1ccc(N2C(=S)N[C@@H](c3ccccn3)[C@@H]2c2cc(C)n(-c3ccc(OC)cc3)c2C)cc1C. The third-order valence-corrected chi connectivity index (χ3v) is 7.62. The lowest BCUT2D eigenvalue weighted by Gasteiger charge is -2.29. The molecule has 2 atom stereocenters. The van der Waals surface area contributed by atoms with Gasteiger partial charge in [-0.05, 0) is 105 Å². The van der Waals surface area contributed by atoms with Crippen LogP contribution in [0.5, 0.6) is 5.75 Å². The number of thiocarbonyl (C=S) groups is 1. The van der Waals surface area contributed by atoms with Crippen LogP contribution in [-0.4, -0.2) is 27.7 Å². The van der Waals surface area contributed by atoms with Crippen molar-refractivity contribution in [1.29, 1.82) is 0 Å². The molecule has 0 unspecified atom stereocenters. The molecule has 8 heteroatoms. The maximum Gasteiger partial charge on any atom is 0.224 e. The van der Waals surface area contributed by atoms with Crippen molar-refractivity contribution in [3.05, 3.63) is 101 Å². The van der Waals surface area contributed by atoms with E-state index in [1.807, 2.05) is 62.5 Å². The number of pyridine rings is 1. The minimum atomic E-state index is -0.150. The normalized spacial score (nSPS) is 16.7. The molecule has 3 heterocycles. The van der Waals surface area contributed by atoms with Crippen LogP contribution in [0.4, 0.5) is 11.4 Å². The number of hydrogen-bond acceptors (Lipinski definition) is 4. The molecule has 2 aromatic heterocycles. The average molecular weight is 540 g/mol. The first-order chi connectivity index (χ1) is 18.8. The van der Waals surface area contributed by atoms with E-state index in [-0.39, 0.29) is 18.0 Å². The maximum atomic E-state index is 12.0. The van der Waals surface area contributed by atoms with E-state index in [0.29, 0.717) is 11.5 Å². The van der Waals surface area contributed by atoms with Crippen LogP contribution < -0.4 is 20.3 Å². The van der Waals surface area contributed by atoms with Gasteiger partial charge in [0.1, 0.15) is 5.75 Å². The number of nitrogens with one attached hydrogen (secondary N) is 2. The Morgan fingerprint density at radius 1 is 1.05 bits per heavy atom. The first-order valence-corrected chi connectivity index (χ1v) is 13.5. The number of anilines is 2. The van der Waals surface area contributed by atoms with E-state index in [9.17, 15) is 4.79 Å². The van der Waals surface area contributed by atoms with E-state index in [1.165, 1.54) is 0 Å². The molecule has 4 aromatic rings. The summed E-state index contributed by atoms with van der Waals surface area (Å²) in [6.45, 7) is 8.12. The number of rotatable bonds is 7. The van der Waals surface area contributed by atoms with Crippen LogP contribution in [0.25, 0.3) is 5.69 Å². The van der Waals surface area contributed by atoms with Crippen LogP contribution in [0.1, 0.15) is 53.6 Å². The van der Waals surface area contributed by atoms with E-state index >= 15 is 0 Å². The van der Waals surface area contributed by atoms with Crippen molar-refractivity contribution >= 4 is 34.6 Å². The van der Waals surface area contributed by atoms with Gasteiger partial charge in [-0.1, -0.05) is 13.0 Å². The number of nitrogens with zero attached hydrogens (tertiary/aromatic N) is 3. The van der Waals surface area contributed by atoms with Gasteiger partial charge in [0.25, 0.3) is 0 Å². The van der Waals surface area contributed by atoms with Crippen molar-refractivity contribution in [1.82, 2.24) is 14.9 Å². The van der Waals surface area contributed by atoms with Gasteiger partial charge in [-0.15, -0.1) is 0 Å². The molecular formula is C31H33N5O2S. The first-order valence-electron chi connectivity index (χ1n) is 13.1. The molecule has 0 radical (unpaired) electrons. The second kappa shape index (κ2) is 10.9. The smallest absolute Gasteiger partial charge is 0.224 e. The molecule has 2 aromatic carbocycles. The van der Waals surface area contributed by atoms with Gasteiger partial charge in [-0.3, -0.25) is 9.78 Å². The van der Waals surface area contributed by atoms with Crippen molar-refractivity contribution in [2.75, 3.05) is 17.3 Å². The number of hydrogen-bond donors (Lipinski definition) is 2. The zero-order chi connectivity index (χ0) is 27.7. The van der Waals surface area contributed by atoms with Crippen LogP contribution >= 0.6 is 12.2 Å². The summed E-state index contributed by atoms with van der Waals surface area (Å²) in [6, 6.07) is 22.1.